The SMILES string of the molecule is CCc1nc(Cc2ccc(Cl)cc2Cl)sc1C1CCNCC1. The summed E-state index contributed by atoms with van der Waals surface area (Å²) in [6.45, 7) is 4.42. The average molecular weight is 355 g/mol. The van der Waals surface area contributed by atoms with E-state index in [4.69, 9.17) is 28.2 Å². The van der Waals surface area contributed by atoms with Crippen molar-refractivity contribution in [1.29, 1.82) is 0 Å². The standard InChI is InChI=1S/C17H20Cl2N2S/c1-2-15-17(11-5-7-20-8-6-11)22-16(21-15)9-12-3-4-13(18)10-14(12)19/h3-4,10-11,20H,2,5-9H2,1H3. The number of piperidine rings is 1. The van der Waals surface area contributed by atoms with Crippen molar-refractivity contribution in [3.8, 4) is 0 Å². The van der Waals surface area contributed by atoms with Crippen LogP contribution in [0.2, 0.25) is 10.0 Å². The predicted molar refractivity (Wildman–Crippen MR) is 95.6 cm³/mol. The van der Waals surface area contributed by atoms with Gasteiger partial charge in [0.05, 0.1) is 10.7 Å². The van der Waals surface area contributed by atoms with E-state index in [9.17, 15) is 0 Å². The Kier molecular flexibility index (Phi) is 5.40. The molecular weight excluding hydrogens is 335 g/mol. The highest BCUT2D eigenvalue weighted by molar-refractivity contribution is 7.11. The summed E-state index contributed by atoms with van der Waals surface area (Å²) in [7, 11) is 0. The van der Waals surface area contributed by atoms with Crippen LogP contribution in [0.25, 0.3) is 0 Å². The first-order valence-electron chi connectivity index (χ1n) is 7.80. The fourth-order valence-corrected chi connectivity index (χ4v) is 4.80. The molecule has 0 spiro atoms. The van der Waals surface area contributed by atoms with Crippen LogP contribution in [0, 0.1) is 0 Å². The van der Waals surface area contributed by atoms with Crippen molar-refractivity contribution in [3.05, 3.63) is 49.4 Å². The molecule has 0 aliphatic carbocycles. The third kappa shape index (κ3) is 3.65. The zero-order valence-electron chi connectivity index (χ0n) is 12.7. The Morgan fingerprint density at radius 3 is 2.73 bits per heavy atom. The summed E-state index contributed by atoms with van der Waals surface area (Å²) in [5, 5.41) is 6.00. The lowest BCUT2D eigenvalue weighted by Gasteiger charge is -2.22. The van der Waals surface area contributed by atoms with Crippen molar-refractivity contribution in [2.24, 2.45) is 0 Å². The molecule has 118 valence electrons. The summed E-state index contributed by atoms with van der Waals surface area (Å²) >= 11 is 14.1. The van der Waals surface area contributed by atoms with Gasteiger partial charge in [-0.15, -0.1) is 11.3 Å². The molecule has 0 bridgehead atoms. The molecular formula is C17H20Cl2N2S. The van der Waals surface area contributed by atoms with Crippen molar-refractivity contribution in [1.82, 2.24) is 10.3 Å². The topological polar surface area (TPSA) is 24.9 Å². The minimum atomic E-state index is 0.670. The fraction of sp³-hybridized carbons (Fsp3) is 0.471. The minimum absolute atomic E-state index is 0.670. The highest BCUT2D eigenvalue weighted by Crippen LogP contribution is 2.34. The number of halogens is 2. The van der Waals surface area contributed by atoms with Crippen molar-refractivity contribution < 1.29 is 0 Å². The largest absolute Gasteiger partial charge is 0.317 e. The number of hydrogen-bond acceptors (Lipinski definition) is 3. The molecule has 2 heterocycles. The zero-order valence-corrected chi connectivity index (χ0v) is 15.0. The van der Waals surface area contributed by atoms with Gasteiger partial charge < -0.3 is 5.32 Å². The third-order valence-corrected chi connectivity index (χ3v) is 6.02. The third-order valence-electron chi connectivity index (χ3n) is 4.17. The van der Waals surface area contributed by atoms with Gasteiger partial charge in [-0.2, -0.15) is 0 Å². The lowest BCUT2D eigenvalue weighted by Crippen LogP contribution is -2.26. The number of aromatic nitrogens is 1. The Bertz CT molecular complexity index is 648. The van der Waals surface area contributed by atoms with Crippen LogP contribution in [-0.2, 0) is 12.8 Å². The second-order valence-corrected chi connectivity index (χ2v) is 7.67. The lowest BCUT2D eigenvalue weighted by molar-refractivity contribution is 0.463. The Labute approximate surface area is 145 Å². The van der Waals surface area contributed by atoms with Crippen molar-refractivity contribution in [3.63, 3.8) is 0 Å². The monoisotopic (exact) mass is 354 g/mol. The average Bonchev–Trinajstić information content (AvgIpc) is 2.94. The summed E-state index contributed by atoms with van der Waals surface area (Å²) in [6.07, 6.45) is 4.23. The molecule has 1 aliphatic heterocycles. The van der Waals surface area contributed by atoms with Crippen LogP contribution in [-0.4, -0.2) is 18.1 Å². The molecule has 0 atom stereocenters. The Morgan fingerprint density at radius 1 is 1.27 bits per heavy atom. The Balaban J connectivity index is 1.83. The van der Waals surface area contributed by atoms with Crippen LogP contribution in [0.1, 0.15) is 46.8 Å². The summed E-state index contributed by atoms with van der Waals surface area (Å²) in [6, 6.07) is 5.70. The highest BCUT2D eigenvalue weighted by atomic mass is 35.5. The van der Waals surface area contributed by atoms with Crippen LogP contribution in [0.15, 0.2) is 18.2 Å². The molecule has 1 fully saturated rings. The second-order valence-electron chi connectivity index (χ2n) is 5.71. The summed E-state index contributed by atoms with van der Waals surface area (Å²) in [5.41, 5.74) is 2.37. The summed E-state index contributed by atoms with van der Waals surface area (Å²) in [5.74, 6) is 0.670. The zero-order chi connectivity index (χ0) is 15.5. The van der Waals surface area contributed by atoms with Crippen LogP contribution in [0.3, 0.4) is 0 Å². The van der Waals surface area contributed by atoms with Gasteiger partial charge in [0.1, 0.15) is 0 Å². The molecule has 5 heteroatoms. The molecule has 1 aliphatic rings. The molecule has 0 amide bonds. The molecule has 0 saturated carbocycles. The van der Waals surface area contributed by atoms with Crippen LogP contribution in [0.5, 0.6) is 0 Å². The first-order valence-corrected chi connectivity index (χ1v) is 9.37. The van der Waals surface area contributed by atoms with Crippen LogP contribution >= 0.6 is 34.5 Å². The van der Waals surface area contributed by atoms with E-state index in [0.717, 1.165) is 41.5 Å². The maximum atomic E-state index is 6.29. The Hall–Kier alpha value is -0.610. The van der Waals surface area contributed by atoms with E-state index < -0.39 is 0 Å². The molecule has 0 unspecified atom stereocenters. The van der Waals surface area contributed by atoms with Crippen molar-refractivity contribution in [2.45, 2.75) is 38.5 Å². The van der Waals surface area contributed by atoms with Gasteiger partial charge >= 0.3 is 0 Å². The van der Waals surface area contributed by atoms with Gasteiger partial charge in [-0.05, 0) is 56.0 Å². The molecule has 1 aromatic carbocycles. The van der Waals surface area contributed by atoms with E-state index in [1.165, 1.54) is 23.4 Å². The fourth-order valence-electron chi connectivity index (χ4n) is 2.97. The van der Waals surface area contributed by atoms with Crippen molar-refractivity contribution >= 4 is 34.5 Å². The lowest BCUT2D eigenvalue weighted by atomic mass is 9.95. The quantitative estimate of drug-likeness (QED) is 0.828. The number of rotatable bonds is 4. The molecule has 1 aromatic heterocycles. The van der Waals surface area contributed by atoms with E-state index in [-0.39, 0.29) is 0 Å². The molecule has 2 aromatic rings. The van der Waals surface area contributed by atoms with E-state index in [0.29, 0.717) is 10.9 Å². The molecule has 2 nitrogen and oxygen atoms in total. The summed E-state index contributed by atoms with van der Waals surface area (Å²) < 4.78 is 0. The van der Waals surface area contributed by atoms with Crippen LogP contribution < -0.4 is 5.32 Å². The van der Waals surface area contributed by atoms with Gasteiger partial charge in [-0.1, -0.05) is 36.2 Å². The highest BCUT2D eigenvalue weighted by Gasteiger charge is 2.21. The number of nitrogens with one attached hydrogen (secondary N) is 1. The van der Waals surface area contributed by atoms with Gasteiger partial charge in [0.2, 0.25) is 0 Å². The van der Waals surface area contributed by atoms with Gasteiger partial charge in [0.15, 0.2) is 0 Å². The van der Waals surface area contributed by atoms with E-state index >= 15 is 0 Å². The molecule has 3 rings (SSSR count). The smallest absolute Gasteiger partial charge is 0.0975 e. The van der Waals surface area contributed by atoms with E-state index in [1.807, 2.05) is 23.5 Å². The van der Waals surface area contributed by atoms with E-state index in [2.05, 4.69) is 12.2 Å². The maximum absolute atomic E-state index is 6.29. The number of aryl methyl sites for hydroxylation is 1. The number of benzene rings is 1. The molecule has 22 heavy (non-hydrogen) atoms. The molecule has 1 saturated heterocycles. The van der Waals surface area contributed by atoms with Crippen LogP contribution in [0.4, 0.5) is 0 Å². The van der Waals surface area contributed by atoms with Crippen molar-refractivity contribution in [2.75, 3.05) is 13.1 Å². The summed E-state index contributed by atoms with van der Waals surface area (Å²) in [4.78, 5) is 6.36. The predicted octanol–water partition coefficient (Wildman–Crippen LogP) is 5.07. The van der Waals surface area contributed by atoms with E-state index in [1.54, 1.807) is 6.07 Å². The first kappa shape index (κ1) is 16.3. The first-order chi connectivity index (χ1) is 10.7. The number of thiazole rings is 1. The van der Waals surface area contributed by atoms with Gasteiger partial charge in [0, 0.05) is 21.3 Å². The van der Waals surface area contributed by atoms with Gasteiger partial charge in [-0.3, -0.25) is 0 Å². The normalized spacial score (nSPS) is 16.1. The molecule has 0 radical (unpaired) electrons. The molecule has 1 N–H and O–H groups in total. The maximum Gasteiger partial charge on any atom is 0.0975 e. The number of hydrogen-bond donors (Lipinski definition) is 1. The van der Waals surface area contributed by atoms with Gasteiger partial charge in [0.25, 0.3) is 0 Å². The Morgan fingerprint density at radius 2 is 2.05 bits per heavy atom. The second kappa shape index (κ2) is 7.31. The van der Waals surface area contributed by atoms with Gasteiger partial charge in [-0.25, -0.2) is 4.98 Å². The number of nitrogens with zero attached hydrogens (tertiary/aromatic N) is 1. The minimum Gasteiger partial charge on any atom is -0.317 e.